The molecular weight excluding hydrogens is 202 g/mol. The first-order chi connectivity index (χ1) is 6.53. The summed E-state index contributed by atoms with van der Waals surface area (Å²) in [6.07, 6.45) is 1.78. The van der Waals surface area contributed by atoms with Crippen molar-refractivity contribution in [1.29, 1.82) is 0 Å². The zero-order valence-corrected chi connectivity index (χ0v) is 9.39. The molecule has 0 amide bonds. The normalized spacial score (nSPS) is 21.3. The molecule has 0 aromatic carbocycles. The van der Waals surface area contributed by atoms with Crippen LogP contribution in [0.15, 0.2) is 0 Å². The molecule has 84 valence electrons. The number of nitrogens with one attached hydrogen (secondary N) is 1. The van der Waals surface area contributed by atoms with Crippen LogP contribution in [-0.4, -0.2) is 51.8 Å². The van der Waals surface area contributed by atoms with Crippen molar-refractivity contribution >= 4 is 10.0 Å². The summed E-state index contributed by atoms with van der Waals surface area (Å²) in [5.74, 6) is 0.0271. The molecule has 0 spiro atoms. The molecule has 0 atom stereocenters. The van der Waals surface area contributed by atoms with E-state index < -0.39 is 10.0 Å². The number of nitrogens with two attached hydrogens (primary N) is 1. The van der Waals surface area contributed by atoms with Gasteiger partial charge in [-0.25, -0.2) is 13.1 Å². The highest BCUT2D eigenvalue weighted by Crippen LogP contribution is 2.09. The third kappa shape index (κ3) is 3.91. The number of hydrogen-bond acceptors (Lipinski definition) is 4. The summed E-state index contributed by atoms with van der Waals surface area (Å²) in [6.45, 7) is 2.09. The van der Waals surface area contributed by atoms with Crippen molar-refractivity contribution in [2.75, 3.05) is 32.4 Å². The molecule has 1 fully saturated rings. The second-order valence-electron chi connectivity index (χ2n) is 3.80. The molecule has 14 heavy (non-hydrogen) atoms. The van der Waals surface area contributed by atoms with Crippen LogP contribution in [0.1, 0.15) is 12.8 Å². The molecule has 1 saturated heterocycles. The Labute approximate surface area is 85.7 Å². The van der Waals surface area contributed by atoms with Crippen molar-refractivity contribution in [2.45, 2.75) is 18.9 Å². The summed E-state index contributed by atoms with van der Waals surface area (Å²) in [6, 6.07) is 0.0998. The molecule has 1 aliphatic heterocycles. The van der Waals surface area contributed by atoms with Gasteiger partial charge in [0.05, 0.1) is 5.75 Å². The number of piperidine rings is 1. The second kappa shape index (κ2) is 5.06. The lowest BCUT2D eigenvalue weighted by atomic mass is 10.1. The van der Waals surface area contributed by atoms with Gasteiger partial charge >= 0.3 is 0 Å². The van der Waals surface area contributed by atoms with E-state index >= 15 is 0 Å². The van der Waals surface area contributed by atoms with E-state index in [0.29, 0.717) is 0 Å². The molecule has 3 N–H and O–H groups in total. The average molecular weight is 221 g/mol. The Balaban J connectivity index is 2.37. The maximum Gasteiger partial charge on any atom is 0.213 e. The van der Waals surface area contributed by atoms with Crippen LogP contribution in [0.4, 0.5) is 0 Å². The van der Waals surface area contributed by atoms with Crippen molar-refractivity contribution in [3.8, 4) is 0 Å². The van der Waals surface area contributed by atoms with E-state index in [-0.39, 0.29) is 18.3 Å². The first kappa shape index (κ1) is 11.9. The zero-order valence-electron chi connectivity index (χ0n) is 8.57. The van der Waals surface area contributed by atoms with Gasteiger partial charge in [0, 0.05) is 12.6 Å². The summed E-state index contributed by atoms with van der Waals surface area (Å²) in [7, 11) is -1.10. The summed E-state index contributed by atoms with van der Waals surface area (Å²) >= 11 is 0. The molecule has 0 aromatic heterocycles. The fourth-order valence-corrected chi connectivity index (χ4v) is 2.77. The minimum absolute atomic E-state index is 0.0271. The molecule has 6 heteroatoms. The van der Waals surface area contributed by atoms with Gasteiger partial charge in [-0.05, 0) is 33.0 Å². The van der Waals surface area contributed by atoms with Crippen molar-refractivity contribution in [3.63, 3.8) is 0 Å². The molecule has 1 rings (SSSR count). The van der Waals surface area contributed by atoms with Gasteiger partial charge in [0.25, 0.3) is 0 Å². The SMILES string of the molecule is CN1CCC(NS(=O)(=O)CCN)CC1. The topological polar surface area (TPSA) is 75.4 Å². The highest BCUT2D eigenvalue weighted by molar-refractivity contribution is 7.89. The van der Waals surface area contributed by atoms with E-state index in [0.717, 1.165) is 25.9 Å². The Bertz CT molecular complexity index is 258. The fraction of sp³-hybridized carbons (Fsp3) is 1.00. The van der Waals surface area contributed by atoms with E-state index in [1.54, 1.807) is 0 Å². The summed E-state index contributed by atoms with van der Waals surface area (Å²) in [4.78, 5) is 2.20. The Hall–Kier alpha value is -0.170. The monoisotopic (exact) mass is 221 g/mol. The molecule has 0 radical (unpaired) electrons. The van der Waals surface area contributed by atoms with Gasteiger partial charge in [-0.15, -0.1) is 0 Å². The van der Waals surface area contributed by atoms with Crippen LogP contribution in [-0.2, 0) is 10.0 Å². The van der Waals surface area contributed by atoms with E-state index in [1.165, 1.54) is 0 Å². The van der Waals surface area contributed by atoms with Gasteiger partial charge in [0.15, 0.2) is 0 Å². The molecule has 0 bridgehead atoms. The van der Waals surface area contributed by atoms with Crippen LogP contribution >= 0.6 is 0 Å². The lowest BCUT2D eigenvalue weighted by Crippen LogP contribution is -2.44. The Morgan fingerprint density at radius 3 is 2.50 bits per heavy atom. The van der Waals surface area contributed by atoms with Gasteiger partial charge in [-0.3, -0.25) is 0 Å². The predicted molar refractivity (Wildman–Crippen MR) is 56.5 cm³/mol. The van der Waals surface area contributed by atoms with E-state index in [9.17, 15) is 8.42 Å². The van der Waals surface area contributed by atoms with E-state index in [2.05, 4.69) is 9.62 Å². The predicted octanol–water partition coefficient (Wildman–Crippen LogP) is -1.04. The lowest BCUT2D eigenvalue weighted by molar-refractivity contribution is 0.248. The largest absolute Gasteiger partial charge is 0.329 e. The van der Waals surface area contributed by atoms with Crippen LogP contribution in [0.25, 0.3) is 0 Å². The average Bonchev–Trinajstić information content (AvgIpc) is 2.08. The molecular formula is C8H19N3O2S. The molecule has 0 aromatic rings. The summed E-state index contributed by atoms with van der Waals surface area (Å²) in [5, 5.41) is 0. The first-order valence-corrected chi connectivity index (χ1v) is 6.57. The van der Waals surface area contributed by atoms with Crippen molar-refractivity contribution in [3.05, 3.63) is 0 Å². The van der Waals surface area contributed by atoms with Gasteiger partial charge in [-0.2, -0.15) is 0 Å². The molecule has 5 nitrogen and oxygen atoms in total. The van der Waals surface area contributed by atoms with Crippen LogP contribution in [0.3, 0.4) is 0 Å². The number of sulfonamides is 1. The Morgan fingerprint density at radius 1 is 1.43 bits per heavy atom. The maximum absolute atomic E-state index is 11.4. The number of hydrogen-bond donors (Lipinski definition) is 2. The molecule has 0 unspecified atom stereocenters. The maximum atomic E-state index is 11.4. The van der Waals surface area contributed by atoms with Crippen LogP contribution in [0, 0.1) is 0 Å². The third-order valence-electron chi connectivity index (χ3n) is 2.45. The first-order valence-electron chi connectivity index (χ1n) is 4.92. The zero-order chi connectivity index (χ0) is 10.6. The smallest absolute Gasteiger partial charge is 0.213 e. The summed E-state index contributed by atoms with van der Waals surface area (Å²) < 4.78 is 25.4. The highest BCUT2D eigenvalue weighted by atomic mass is 32.2. The van der Waals surface area contributed by atoms with Crippen LogP contribution in [0.5, 0.6) is 0 Å². The van der Waals surface area contributed by atoms with Crippen LogP contribution in [0.2, 0.25) is 0 Å². The Kier molecular flexibility index (Phi) is 4.31. The highest BCUT2D eigenvalue weighted by Gasteiger charge is 2.21. The minimum Gasteiger partial charge on any atom is -0.329 e. The number of rotatable bonds is 4. The van der Waals surface area contributed by atoms with Gasteiger partial charge in [0.2, 0.25) is 10.0 Å². The van der Waals surface area contributed by atoms with E-state index in [1.807, 2.05) is 7.05 Å². The third-order valence-corrected chi connectivity index (χ3v) is 3.92. The van der Waals surface area contributed by atoms with E-state index in [4.69, 9.17) is 5.73 Å². The van der Waals surface area contributed by atoms with Crippen molar-refractivity contribution in [2.24, 2.45) is 5.73 Å². The number of likely N-dealkylation sites (tertiary alicyclic amines) is 1. The molecule has 1 heterocycles. The second-order valence-corrected chi connectivity index (χ2v) is 5.68. The van der Waals surface area contributed by atoms with Crippen molar-refractivity contribution in [1.82, 2.24) is 9.62 Å². The molecule has 0 saturated carbocycles. The van der Waals surface area contributed by atoms with Crippen molar-refractivity contribution < 1.29 is 8.42 Å². The van der Waals surface area contributed by atoms with Crippen LogP contribution < -0.4 is 10.5 Å². The quantitative estimate of drug-likeness (QED) is 0.636. The molecule has 0 aliphatic carbocycles. The molecule has 1 aliphatic rings. The van der Waals surface area contributed by atoms with Gasteiger partial charge < -0.3 is 10.6 Å². The minimum atomic E-state index is -3.14. The fourth-order valence-electron chi connectivity index (χ4n) is 1.59. The van der Waals surface area contributed by atoms with Gasteiger partial charge in [-0.1, -0.05) is 0 Å². The lowest BCUT2D eigenvalue weighted by Gasteiger charge is -2.29. The Morgan fingerprint density at radius 2 is 2.00 bits per heavy atom. The summed E-state index contributed by atoms with van der Waals surface area (Å²) in [5.41, 5.74) is 5.21. The number of nitrogens with zero attached hydrogens (tertiary/aromatic N) is 1. The standard InChI is InChI=1S/C8H19N3O2S/c1-11-5-2-8(3-6-11)10-14(12,13)7-4-9/h8,10H,2-7,9H2,1H3. The van der Waals surface area contributed by atoms with Gasteiger partial charge in [0.1, 0.15) is 0 Å².